The fourth-order valence-corrected chi connectivity index (χ4v) is 1.96. The molecule has 0 aromatic carbocycles. The van der Waals surface area contributed by atoms with Crippen LogP contribution in [0.1, 0.15) is 46.0 Å². The molecule has 0 bridgehead atoms. The Morgan fingerprint density at radius 2 is 1.92 bits per heavy atom. The maximum absolute atomic E-state index is 10.7. The van der Waals surface area contributed by atoms with Gasteiger partial charge in [-0.25, -0.2) is 0 Å². The highest BCUT2D eigenvalue weighted by Gasteiger charge is 2.21. The molecular formula is C10H18O2. The molecule has 1 aliphatic rings. The smallest absolute Gasteiger partial charge is 0.302 e. The Kier molecular flexibility index (Phi) is 3.57. The first-order chi connectivity index (χ1) is 5.70. The first-order valence-corrected chi connectivity index (χ1v) is 4.87. The molecule has 0 aromatic heterocycles. The van der Waals surface area contributed by atoms with E-state index in [1.165, 1.54) is 39.0 Å². The number of ether oxygens (including phenoxy) is 1. The van der Waals surface area contributed by atoms with Gasteiger partial charge in [-0.1, -0.05) is 19.3 Å². The summed E-state index contributed by atoms with van der Waals surface area (Å²) in [7, 11) is 0. The number of hydrogen-bond acceptors (Lipinski definition) is 2. The first-order valence-electron chi connectivity index (χ1n) is 4.87. The largest absolute Gasteiger partial charge is 0.463 e. The summed E-state index contributed by atoms with van der Waals surface area (Å²) in [6.07, 6.45) is 6.54. The number of hydrogen-bond donors (Lipinski definition) is 0. The normalized spacial score (nSPS) is 21.8. The van der Waals surface area contributed by atoms with Gasteiger partial charge in [0.2, 0.25) is 0 Å². The number of carbonyl (C=O) groups is 1. The van der Waals surface area contributed by atoms with Gasteiger partial charge in [0.25, 0.3) is 0 Å². The third-order valence-electron chi connectivity index (χ3n) is 2.67. The minimum atomic E-state index is -0.145. The van der Waals surface area contributed by atoms with E-state index in [4.69, 9.17) is 4.74 Å². The van der Waals surface area contributed by atoms with Gasteiger partial charge < -0.3 is 4.74 Å². The highest BCUT2D eigenvalue weighted by Crippen LogP contribution is 2.27. The molecule has 1 aliphatic carbocycles. The average Bonchev–Trinajstić information content (AvgIpc) is 2.05. The molecule has 1 saturated carbocycles. The van der Waals surface area contributed by atoms with Crippen molar-refractivity contribution in [2.45, 2.75) is 52.1 Å². The Labute approximate surface area is 74.3 Å². The van der Waals surface area contributed by atoms with Crippen molar-refractivity contribution in [2.24, 2.45) is 5.92 Å². The van der Waals surface area contributed by atoms with Gasteiger partial charge in [0.15, 0.2) is 0 Å². The first kappa shape index (κ1) is 9.56. The van der Waals surface area contributed by atoms with E-state index < -0.39 is 0 Å². The maximum atomic E-state index is 10.7. The molecule has 0 radical (unpaired) electrons. The van der Waals surface area contributed by atoms with Crippen molar-refractivity contribution in [3.63, 3.8) is 0 Å². The van der Waals surface area contributed by atoms with Crippen LogP contribution < -0.4 is 0 Å². The molecule has 2 heteroatoms. The van der Waals surface area contributed by atoms with Crippen molar-refractivity contribution in [2.75, 3.05) is 0 Å². The van der Waals surface area contributed by atoms with Crippen LogP contribution in [0.2, 0.25) is 0 Å². The quantitative estimate of drug-likeness (QED) is 0.595. The molecule has 0 spiro atoms. The zero-order valence-corrected chi connectivity index (χ0v) is 8.01. The Balaban J connectivity index is 2.29. The van der Waals surface area contributed by atoms with Crippen molar-refractivity contribution in [1.29, 1.82) is 0 Å². The summed E-state index contributed by atoms with van der Waals surface area (Å²) >= 11 is 0. The van der Waals surface area contributed by atoms with Crippen LogP contribution in [0.15, 0.2) is 0 Å². The van der Waals surface area contributed by atoms with E-state index >= 15 is 0 Å². The lowest BCUT2D eigenvalue weighted by atomic mass is 9.86. The van der Waals surface area contributed by atoms with Gasteiger partial charge >= 0.3 is 5.97 Å². The third kappa shape index (κ3) is 2.84. The minimum Gasteiger partial charge on any atom is -0.463 e. The van der Waals surface area contributed by atoms with Crippen LogP contribution in [0.25, 0.3) is 0 Å². The monoisotopic (exact) mass is 170 g/mol. The van der Waals surface area contributed by atoms with E-state index in [2.05, 4.69) is 0 Å². The molecule has 70 valence electrons. The number of carbonyl (C=O) groups excluding carboxylic acids is 1. The van der Waals surface area contributed by atoms with E-state index in [1.54, 1.807) is 0 Å². The lowest BCUT2D eigenvalue weighted by molar-refractivity contribution is -0.148. The Morgan fingerprint density at radius 3 is 2.42 bits per heavy atom. The van der Waals surface area contributed by atoms with E-state index in [-0.39, 0.29) is 12.1 Å². The van der Waals surface area contributed by atoms with Crippen molar-refractivity contribution in [1.82, 2.24) is 0 Å². The van der Waals surface area contributed by atoms with Crippen LogP contribution in [0.3, 0.4) is 0 Å². The van der Waals surface area contributed by atoms with Gasteiger partial charge in [0.05, 0.1) is 0 Å². The van der Waals surface area contributed by atoms with E-state index in [9.17, 15) is 4.79 Å². The van der Waals surface area contributed by atoms with Crippen molar-refractivity contribution in [3.8, 4) is 0 Å². The molecule has 0 aliphatic heterocycles. The highest BCUT2D eigenvalue weighted by molar-refractivity contribution is 5.66. The molecule has 0 heterocycles. The van der Waals surface area contributed by atoms with Crippen LogP contribution in [0, 0.1) is 5.92 Å². The molecule has 1 unspecified atom stereocenters. The van der Waals surface area contributed by atoms with E-state index in [1.807, 2.05) is 6.92 Å². The Hall–Kier alpha value is -0.530. The Bertz CT molecular complexity index is 148. The van der Waals surface area contributed by atoms with Crippen LogP contribution in [-0.4, -0.2) is 12.1 Å². The van der Waals surface area contributed by atoms with Crippen LogP contribution in [-0.2, 0) is 9.53 Å². The molecular weight excluding hydrogens is 152 g/mol. The van der Waals surface area contributed by atoms with Crippen LogP contribution in [0.5, 0.6) is 0 Å². The van der Waals surface area contributed by atoms with E-state index in [0.29, 0.717) is 5.92 Å². The van der Waals surface area contributed by atoms with Crippen molar-refractivity contribution >= 4 is 5.97 Å². The predicted molar refractivity (Wildman–Crippen MR) is 47.8 cm³/mol. The fourth-order valence-electron chi connectivity index (χ4n) is 1.96. The lowest BCUT2D eigenvalue weighted by Gasteiger charge is -2.26. The minimum absolute atomic E-state index is 0.128. The molecule has 1 rings (SSSR count). The molecule has 0 aromatic rings. The van der Waals surface area contributed by atoms with Gasteiger partial charge in [-0.05, 0) is 25.7 Å². The second-order valence-corrected chi connectivity index (χ2v) is 3.71. The zero-order chi connectivity index (χ0) is 8.97. The molecule has 12 heavy (non-hydrogen) atoms. The highest BCUT2D eigenvalue weighted by atomic mass is 16.5. The summed E-state index contributed by atoms with van der Waals surface area (Å²) in [5.41, 5.74) is 0. The van der Waals surface area contributed by atoms with Gasteiger partial charge in [0.1, 0.15) is 6.10 Å². The summed E-state index contributed by atoms with van der Waals surface area (Å²) in [5, 5.41) is 0. The molecule has 0 amide bonds. The molecule has 0 N–H and O–H groups in total. The third-order valence-corrected chi connectivity index (χ3v) is 2.67. The van der Waals surface area contributed by atoms with Crippen LogP contribution >= 0.6 is 0 Å². The fraction of sp³-hybridized carbons (Fsp3) is 0.900. The maximum Gasteiger partial charge on any atom is 0.302 e. The summed E-state index contributed by atoms with van der Waals surface area (Å²) in [4.78, 5) is 10.7. The second-order valence-electron chi connectivity index (χ2n) is 3.71. The second kappa shape index (κ2) is 4.48. The van der Waals surface area contributed by atoms with Crippen LogP contribution in [0.4, 0.5) is 0 Å². The Morgan fingerprint density at radius 1 is 1.33 bits per heavy atom. The number of rotatable bonds is 2. The standard InChI is InChI=1S/C10H18O2/c1-8(12-9(2)11)10-6-4-3-5-7-10/h8,10H,3-7H2,1-2H3. The SMILES string of the molecule is CC(=O)OC(C)C1CCCCC1. The topological polar surface area (TPSA) is 26.3 Å². The molecule has 0 saturated heterocycles. The van der Waals surface area contributed by atoms with Gasteiger partial charge in [-0.15, -0.1) is 0 Å². The molecule has 1 atom stereocenters. The van der Waals surface area contributed by atoms with Crippen molar-refractivity contribution < 1.29 is 9.53 Å². The summed E-state index contributed by atoms with van der Waals surface area (Å²) in [6, 6.07) is 0. The van der Waals surface area contributed by atoms with Crippen molar-refractivity contribution in [3.05, 3.63) is 0 Å². The van der Waals surface area contributed by atoms with Gasteiger partial charge in [0, 0.05) is 6.92 Å². The molecule has 2 nitrogen and oxygen atoms in total. The van der Waals surface area contributed by atoms with E-state index in [0.717, 1.165) is 0 Å². The van der Waals surface area contributed by atoms with Gasteiger partial charge in [-0.2, -0.15) is 0 Å². The predicted octanol–water partition coefficient (Wildman–Crippen LogP) is 2.52. The summed E-state index contributed by atoms with van der Waals surface area (Å²) < 4.78 is 5.15. The van der Waals surface area contributed by atoms with Gasteiger partial charge in [-0.3, -0.25) is 4.79 Å². The average molecular weight is 170 g/mol. The zero-order valence-electron chi connectivity index (χ0n) is 8.01. The number of esters is 1. The lowest BCUT2D eigenvalue weighted by Crippen LogP contribution is -2.24. The summed E-state index contributed by atoms with van der Waals surface area (Å²) in [5.74, 6) is 0.468. The summed E-state index contributed by atoms with van der Waals surface area (Å²) in [6.45, 7) is 3.50. The molecule has 1 fully saturated rings.